The molecule has 0 spiro atoms. The van der Waals surface area contributed by atoms with Gasteiger partial charge in [-0.2, -0.15) is 0 Å². The van der Waals surface area contributed by atoms with Crippen molar-refractivity contribution in [3.05, 3.63) is 26.6 Å². The summed E-state index contributed by atoms with van der Waals surface area (Å²) in [6.45, 7) is 0. The van der Waals surface area contributed by atoms with E-state index >= 15 is 0 Å². The highest BCUT2D eigenvalue weighted by Gasteiger charge is 2.24. The van der Waals surface area contributed by atoms with Gasteiger partial charge in [-0.3, -0.25) is 0 Å². The Kier molecular flexibility index (Phi) is 5.77. The second kappa shape index (κ2) is 6.41. The van der Waals surface area contributed by atoms with Gasteiger partial charge in [0.1, 0.15) is 5.75 Å². The average Bonchev–Trinajstić information content (AvgIpc) is 2.77. The van der Waals surface area contributed by atoms with Gasteiger partial charge in [-0.15, -0.1) is 12.4 Å². The maximum absolute atomic E-state index is 9.64. The molecule has 17 heavy (non-hydrogen) atoms. The van der Waals surface area contributed by atoms with Crippen LogP contribution in [0.1, 0.15) is 37.3 Å². The van der Waals surface area contributed by atoms with Gasteiger partial charge in [0.15, 0.2) is 0 Å². The van der Waals surface area contributed by atoms with Crippen LogP contribution in [0.4, 0.5) is 0 Å². The predicted molar refractivity (Wildman–Crippen MR) is 79.6 cm³/mol. The maximum atomic E-state index is 9.64. The summed E-state index contributed by atoms with van der Waals surface area (Å²) in [5, 5.41) is 9.64. The van der Waals surface area contributed by atoms with Gasteiger partial charge in [0, 0.05) is 6.04 Å². The fourth-order valence-corrected chi connectivity index (χ4v) is 3.59. The first-order chi connectivity index (χ1) is 7.59. The van der Waals surface area contributed by atoms with Crippen molar-refractivity contribution >= 4 is 44.3 Å². The lowest BCUT2D eigenvalue weighted by Crippen LogP contribution is -2.19. The van der Waals surface area contributed by atoms with E-state index in [4.69, 9.17) is 5.73 Å². The van der Waals surface area contributed by atoms with Crippen molar-refractivity contribution < 1.29 is 5.11 Å². The van der Waals surface area contributed by atoms with E-state index in [0.29, 0.717) is 14.9 Å². The summed E-state index contributed by atoms with van der Waals surface area (Å²) in [6.07, 6.45) is 5.02. The van der Waals surface area contributed by atoms with E-state index in [1.165, 1.54) is 25.7 Å². The van der Waals surface area contributed by atoms with Crippen LogP contribution in [-0.4, -0.2) is 5.11 Å². The standard InChI is InChI=1S/C12H15Br2NO.ClH/c13-9-5-8(6-10(14)12(9)16)11(15)7-3-1-2-4-7;/h5-7,11,16H,1-4,15H2;1H/t11-;/m1./s1. The molecule has 1 aliphatic carbocycles. The van der Waals surface area contributed by atoms with Gasteiger partial charge >= 0.3 is 0 Å². The van der Waals surface area contributed by atoms with Gasteiger partial charge in [-0.05, 0) is 68.3 Å². The monoisotopic (exact) mass is 383 g/mol. The molecule has 1 atom stereocenters. The molecule has 2 nitrogen and oxygen atoms in total. The van der Waals surface area contributed by atoms with Gasteiger partial charge in [-0.25, -0.2) is 0 Å². The van der Waals surface area contributed by atoms with Crippen molar-refractivity contribution in [2.45, 2.75) is 31.7 Å². The summed E-state index contributed by atoms with van der Waals surface area (Å²) in [4.78, 5) is 0. The molecule has 5 heteroatoms. The molecule has 1 fully saturated rings. The highest BCUT2D eigenvalue weighted by Crippen LogP contribution is 2.39. The molecule has 1 aromatic carbocycles. The van der Waals surface area contributed by atoms with Crippen molar-refractivity contribution in [3.63, 3.8) is 0 Å². The summed E-state index contributed by atoms with van der Waals surface area (Å²) in [5.41, 5.74) is 7.35. The van der Waals surface area contributed by atoms with Crippen LogP contribution in [0.5, 0.6) is 5.75 Å². The van der Waals surface area contributed by atoms with Gasteiger partial charge < -0.3 is 10.8 Å². The fourth-order valence-electron chi connectivity index (χ4n) is 2.37. The molecule has 0 bridgehead atoms. The number of aromatic hydroxyl groups is 1. The number of phenolic OH excluding ortho intramolecular Hbond substituents is 1. The first-order valence-electron chi connectivity index (χ1n) is 5.53. The Morgan fingerprint density at radius 2 is 1.65 bits per heavy atom. The first-order valence-corrected chi connectivity index (χ1v) is 7.11. The number of hydrogen-bond donors (Lipinski definition) is 2. The highest BCUT2D eigenvalue weighted by molar-refractivity contribution is 9.11. The number of halogens is 3. The van der Waals surface area contributed by atoms with Gasteiger partial charge in [0.05, 0.1) is 8.95 Å². The number of phenols is 1. The minimum Gasteiger partial charge on any atom is -0.506 e. The Balaban J connectivity index is 0.00000144. The maximum Gasteiger partial charge on any atom is 0.143 e. The predicted octanol–water partition coefficient (Wildman–Crippen LogP) is 4.53. The normalized spacial score (nSPS) is 17.8. The minimum atomic E-state index is 0. The Bertz CT molecular complexity index is 371. The molecule has 1 aliphatic rings. The first kappa shape index (κ1) is 15.3. The molecule has 0 unspecified atom stereocenters. The van der Waals surface area contributed by atoms with Crippen LogP contribution in [0.25, 0.3) is 0 Å². The fraction of sp³-hybridized carbons (Fsp3) is 0.500. The Labute approximate surface area is 125 Å². The molecule has 0 heterocycles. The van der Waals surface area contributed by atoms with Crippen molar-refractivity contribution in [2.24, 2.45) is 11.7 Å². The zero-order valence-corrected chi connectivity index (χ0v) is 13.3. The second-order valence-electron chi connectivity index (χ2n) is 4.40. The Morgan fingerprint density at radius 1 is 1.18 bits per heavy atom. The summed E-state index contributed by atoms with van der Waals surface area (Å²) >= 11 is 6.68. The molecule has 3 N–H and O–H groups in total. The second-order valence-corrected chi connectivity index (χ2v) is 6.11. The van der Waals surface area contributed by atoms with Crippen LogP contribution in [0, 0.1) is 5.92 Å². The summed E-state index contributed by atoms with van der Waals surface area (Å²) in [7, 11) is 0. The van der Waals surface area contributed by atoms with Crippen molar-refractivity contribution in [2.75, 3.05) is 0 Å². The van der Waals surface area contributed by atoms with Crippen LogP contribution in [0.3, 0.4) is 0 Å². The largest absolute Gasteiger partial charge is 0.506 e. The zero-order chi connectivity index (χ0) is 11.7. The smallest absolute Gasteiger partial charge is 0.143 e. The topological polar surface area (TPSA) is 46.2 Å². The molecule has 0 aliphatic heterocycles. The molecule has 0 aromatic heterocycles. The molecular weight excluding hydrogens is 369 g/mol. The molecular formula is C12H16Br2ClNO. The lowest BCUT2D eigenvalue weighted by atomic mass is 9.92. The van der Waals surface area contributed by atoms with Crippen LogP contribution < -0.4 is 5.73 Å². The van der Waals surface area contributed by atoms with Crippen molar-refractivity contribution in [1.82, 2.24) is 0 Å². The molecule has 1 saturated carbocycles. The van der Waals surface area contributed by atoms with E-state index in [1.807, 2.05) is 12.1 Å². The third-order valence-electron chi connectivity index (χ3n) is 3.33. The average molecular weight is 386 g/mol. The minimum absolute atomic E-state index is 0. The molecule has 1 aromatic rings. The van der Waals surface area contributed by atoms with Gasteiger partial charge in [0.25, 0.3) is 0 Å². The lowest BCUT2D eigenvalue weighted by molar-refractivity contribution is 0.441. The number of nitrogens with two attached hydrogens (primary N) is 1. The third kappa shape index (κ3) is 3.37. The lowest BCUT2D eigenvalue weighted by Gasteiger charge is -2.20. The van der Waals surface area contributed by atoms with E-state index in [1.54, 1.807) is 0 Å². The molecule has 0 saturated heterocycles. The SMILES string of the molecule is Cl.N[C@@H](c1cc(Br)c(O)c(Br)c1)C1CCCC1. The molecule has 96 valence electrons. The van der Waals surface area contributed by atoms with E-state index in [-0.39, 0.29) is 24.2 Å². The summed E-state index contributed by atoms with van der Waals surface area (Å²) in [6, 6.07) is 3.92. The Hall–Kier alpha value is 0.230. The van der Waals surface area contributed by atoms with Crippen LogP contribution in [-0.2, 0) is 0 Å². The number of rotatable bonds is 2. The Morgan fingerprint density at radius 3 is 2.12 bits per heavy atom. The van der Waals surface area contributed by atoms with Crippen LogP contribution in [0.2, 0.25) is 0 Å². The molecule has 2 rings (SSSR count). The molecule has 0 amide bonds. The highest BCUT2D eigenvalue weighted by atomic mass is 79.9. The van der Waals surface area contributed by atoms with Gasteiger partial charge in [-0.1, -0.05) is 12.8 Å². The van der Waals surface area contributed by atoms with Crippen LogP contribution in [0.15, 0.2) is 21.1 Å². The van der Waals surface area contributed by atoms with Crippen LogP contribution >= 0.6 is 44.3 Å². The summed E-state index contributed by atoms with van der Waals surface area (Å²) < 4.78 is 1.40. The van der Waals surface area contributed by atoms with E-state index in [0.717, 1.165) is 5.56 Å². The summed E-state index contributed by atoms with van der Waals surface area (Å²) in [5.74, 6) is 0.825. The van der Waals surface area contributed by atoms with Crippen molar-refractivity contribution in [1.29, 1.82) is 0 Å². The van der Waals surface area contributed by atoms with E-state index in [9.17, 15) is 5.11 Å². The van der Waals surface area contributed by atoms with E-state index < -0.39 is 0 Å². The van der Waals surface area contributed by atoms with Crippen molar-refractivity contribution in [3.8, 4) is 5.75 Å². The number of hydrogen-bond acceptors (Lipinski definition) is 2. The quantitative estimate of drug-likeness (QED) is 0.786. The number of benzene rings is 1. The van der Waals surface area contributed by atoms with E-state index in [2.05, 4.69) is 31.9 Å². The third-order valence-corrected chi connectivity index (χ3v) is 4.54. The van der Waals surface area contributed by atoms with Gasteiger partial charge in [0.2, 0.25) is 0 Å². The molecule has 0 radical (unpaired) electrons. The zero-order valence-electron chi connectivity index (χ0n) is 9.33.